The molecule has 0 atom stereocenters. The summed E-state index contributed by atoms with van der Waals surface area (Å²) in [5.41, 5.74) is 8.39. The zero-order valence-corrected chi connectivity index (χ0v) is 20.3. The quantitative estimate of drug-likeness (QED) is 0.362. The molecule has 3 N–H and O–H groups in total. The number of aliphatic imine (C=N–C) groups is 1. The van der Waals surface area contributed by atoms with Gasteiger partial charge in [-0.25, -0.2) is 27.8 Å². The summed E-state index contributed by atoms with van der Waals surface area (Å²) in [5.74, 6) is 0.669. The molecule has 0 aliphatic heterocycles. The van der Waals surface area contributed by atoms with Gasteiger partial charge in [0.25, 0.3) is 0 Å². The molecule has 11 heteroatoms. The van der Waals surface area contributed by atoms with E-state index in [4.69, 9.17) is 8.80 Å². The fourth-order valence-electron chi connectivity index (χ4n) is 3.24. The summed E-state index contributed by atoms with van der Waals surface area (Å²) in [6, 6.07) is 4.93. The first-order valence-electron chi connectivity index (χ1n) is 9.65. The number of nitrogens with one attached hydrogen (secondary N) is 1. The van der Waals surface area contributed by atoms with Gasteiger partial charge in [0.15, 0.2) is 5.82 Å². The summed E-state index contributed by atoms with van der Waals surface area (Å²) >= 11 is 1.88. The second kappa shape index (κ2) is 10.0. The molecule has 9 nitrogen and oxygen atoms in total. The van der Waals surface area contributed by atoms with E-state index in [1.165, 1.54) is 17.3 Å². The van der Waals surface area contributed by atoms with Crippen LogP contribution < -0.4 is 10.5 Å². The number of sulfonamides is 1. The predicted octanol–water partition coefficient (Wildman–Crippen LogP) is 2.79. The molecule has 2 aromatic rings. The van der Waals surface area contributed by atoms with E-state index < -0.39 is 10.0 Å². The van der Waals surface area contributed by atoms with Crippen LogP contribution in [0.1, 0.15) is 30.9 Å². The number of aryl methyl sites for hydroxylation is 1. The van der Waals surface area contributed by atoms with Crippen LogP contribution in [0.15, 0.2) is 59.1 Å². The Morgan fingerprint density at radius 1 is 1.48 bits per heavy atom. The molecule has 0 bridgehead atoms. The summed E-state index contributed by atoms with van der Waals surface area (Å²) in [6.07, 6.45) is 6.35. The second-order valence-electron chi connectivity index (χ2n) is 7.42. The average Bonchev–Trinajstić information content (AvgIpc) is 3.22. The molecule has 3 rings (SSSR count). The van der Waals surface area contributed by atoms with E-state index >= 15 is 0 Å². The lowest BCUT2D eigenvalue weighted by molar-refractivity contribution is 0.109. The van der Waals surface area contributed by atoms with Gasteiger partial charge in [0, 0.05) is 12.1 Å². The Labute approximate surface area is 196 Å². The number of rotatable bonds is 9. The maximum Gasteiger partial charge on any atom is 0.240 e. The summed E-state index contributed by atoms with van der Waals surface area (Å²) in [4.78, 5) is 8.68. The van der Waals surface area contributed by atoms with Crippen molar-refractivity contribution in [1.82, 2.24) is 19.5 Å². The Hall–Kier alpha value is -2.09. The third kappa shape index (κ3) is 5.59. The number of halogens is 1. The van der Waals surface area contributed by atoms with E-state index in [2.05, 4.69) is 26.4 Å². The normalized spacial score (nSPS) is 20.2. The number of allylic oxidation sites excluding steroid dienone is 2. The summed E-state index contributed by atoms with van der Waals surface area (Å²) in [6.45, 7) is 7.81. The molecule has 1 aliphatic carbocycles. The van der Waals surface area contributed by atoms with Crippen molar-refractivity contribution in [2.24, 2.45) is 16.6 Å². The topological polar surface area (TPSA) is 124 Å². The minimum atomic E-state index is -3.67. The van der Waals surface area contributed by atoms with Gasteiger partial charge < -0.3 is 8.80 Å². The third-order valence-corrected chi connectivity index (χ3v) is 7.22. The Bertz CT molecular complexity index is 1100. The number of hydrogen-bond acceptors (Lipinski definition) is 7. The van der Waals surface area contributed by atoms with Crippen LogP contribution in [0, 0.1) is 12.8 Å². The Kier molecular flexibility index (Phi) is 7.62. The molecule has 31 heavy (non-hydrogen) atoms. The molecule has 0 radical (unpaired) electrons. The molecule has 0 amide bonds. The molecule has 1 aliphatic rings. The first-order valence-corrected chi connectivity index (χ1v) is 12.0. The maximum absolute atomic E-state index is 12.9. The lowest BCUT2D eigenvalue weighted by atomic mass is 9.83. The smallest absolute Gasteiger partial charge is 0.240 e. The van der Waals surface area contributed by atoms with Gasteiger partial charge in [0.05, 0.1) is 22.4 Å². The predicted molar refractivity (Wildman–Crippen MR) is 128 cm³/mol. The second-order valence-corrected chi connectivity index (χ2v) is 9.70. The first kappa shape index (κ1) is 23.6. The molecule has 1 aromatic heterocycles. The van der Waals surface area contributed by atoms with Gasteiger partial charge in [-0.1, -0.05) is 12.6 Å². The lowest BCUT2D eigenvalue weighted by Crippen LogP contribution is -2.38. The fourth-order valence-corrected chi connectivity index (χ4v) is 4.79. The van der Waals surface area contributed by atoms with Crippen molar-refractivity contribution in [3.8, 4) is 0 Å². The number of benzene rings is 1. The van der Waals surface area contributed by atoms with Gasteiger partial charge in [-0.3, -0.25) is 0 Å². The van der Waals surface area contributed by atoms with E-state index in [0.717, 1.165) is 18.4 Å². The van der Waals surface area contributed by atoms with Crippen LogP contribution in [0.3, 0.4) is 0 Å². The van der Waals surface area contributed by atoms with Gasteiger partial charge in [-0.15, -0.1) is 0 Å². The summed E-state index contributed by atoms with van der Waals surface area (Å²) in [7, 11) is -3.67. The van der Waals surface area contributed by atoms with E-state index in [-0.39, 0.29) is 16.9 Å². The van der Waals surface area contributed by atoms with Crippen molar-refractivity contribution in [2.75, 3.05) is 6.54 Å². The Balaban J connectivity index is 1.88. The SMILES string of the molecule is C=C/C(=N\C(=C(/C)N)n1cncn1)c1cc(S(=O)(=O)NCC2CC(OI)C2)ccc1C. The maximum atomic E-state index is 12.9. The monoisotopic (exact) mass is 556 g/mol. The lowest BCUT2D eigenvalue weighted by Gasteiger charge is -2.33. The highest BCUT2D eigenvalue weighted by atomic mass is 127. The number of nitrogens with two attached hydrogens (primary N) is 1. The van der Waals surface area contributed by atoms with Crippen LogP contribution in [0.5, 0.6) is 0 Å². The van der Waals surface area contributed by atoms with Gasteiger partial charge in [-0.05, 0) is 56.4 Å². The third-order valence-electron chi connectivity index (χ3n) is 5.08. The molecule has 1 heterocycles. The van der Waals surface area contributed by atoms with Crippen LogP contribution in [-0.2, 0) is 13.1 Å². The molecular formula is C20H25IN6O3S. The van der Waals surface area contributed by atoms with Crippen LogP contribution in [0.4, 0.5) is 0 Å². The highest BCUT2D eigenvalue weighted by molar-refractivity contribution is 14.1. The van der Waals surface area contributed by atoms with Crippen LogP contribution in [-0.4, -0.2) is 41.5 Å². The fraction of sp³-hybridized carbons (Fsp3) is 0.350. The highest BCUT2D eigenvalue weighted by Gasteiger charge is 2.30. The Morgan fingerprint density at radius 3 is 2.81 bits per heavy atom. The van der Waals surface area contributed by atoms with E-state index in [1.54, 1.807) is 31.2 Å². The van der Waals surface area contributed by atoms with Crippen LogP contribution in [0.25, 0.3) is 5.82 Å². The largest absolute Gasteiger partial charge is 0.399 e. The van der Waals surface area contributed by atoms with Gasteiger partial charge in [-0.2, -0.15) is 5.10 Å². The molecule has 1 aromatic carbocycles. The summed E-state index contributed by atoms with van der Waals surface area (Å²) in [5, 5.41) is 4.07. The Morgan fingerprint density at radius 2 is 2.23 bits per heavy atom. The standard InChI is InChI=1S/C20H25IN6O3S/c1-4-19(26-20(14(3)22)27-12-23-11-24-27)18-9-17(6-5-13(18)2)31(28,29)25-10-15-7-16(8-15)30-21/h4-6,9,11-12,15-16,25H,1,7-8,10,22H2,2-3H3/b20-14-,26-19+. The first-order chi connectivity index (χ1) is 14.7. The molecular weight excluding hydrogens is 531 g/mol. The van der Waals surface area contributed by atoms with Crippen molar-refractivity contribution in [3.05, 3.63) is 60.3 Å². The minimum Gasteiger partial charge on any atom is -0.399 e. The van der Waals surface area contributed by atoms with Crippen molar-refractivity contribution in [1.29, 1.82) is 0 Å². The van der Waals surface area contributed by atoms with E-state index in [0.29, 0.717) is 29.3 Å². The van der Waals surface area contributed by atoms with E-state index in [9.17, 15) is 8.42 Å². The minimum absolute atomic E-state index is 0.166. The van der Waals surface area contributed by atoms with Gasteiger partial charge in [0.1, 0.15) is 35.7 Å². The van der Waals surface area contributed by atoms with Crippen LogP contribution in [0.2, 0.25) is 0 Å². The summed E-state index contributed by atoms with van der Waals surface area (Å²) < 4.78 is 35.1. The highest BCUT2D eigenvalue weighted by Crippen LogP contribution is 2.31. The molecule has 1 saturated carbocycles. The number of hydrogen-bond donors (Lipinski definition) is 2. The number of nitrogens with zero attached hydrogens (tertiary/aromatic N) is 4. The average molecular weight is 556 g/mol. The van der Waals surface area contributed by atoms with Crippen molar-refractivity contribution >= 4 is 44.6 Å². The molecule has 166 valence electrons. The molecule has 0 saturated heterocycles. The molecule has 0 spiro atoms. The van der Waals surface area contributed by atoms with Crippen molar-refractivity contribution in [3.63, 3.8) is 0 Å². The van der Waals surface area contributed by atoms with E-state index in [1.807, 2.05) is 29.9 Å². The zero-order valence-electron chi connectivity index (χ0n) is 17.3. The van der Waals surface area contributed by atoms with Crippen molar-refractivity contribution in [2.45, 2.75) is 37.7 Å². The van der Waals surface area contributed by atoms with Gasteiger partial charge in [0.2, 0.25) is 10.0 Å². The molecule has 0 unspecified atom stereocenters. The zero-order chi connectivity index (χ0) is 22.6. The van der Waals surface area contributed by atoms with Crippen molar-refractivity contribution < 1.29 is 11.5 Å². The number of aromatic nitrogens is 3. The molecule has 1 fully saturated rings. The van der Waals surface area contributed by atoms with Gasteiger partial charge >= 0.3 is 0 Å². The van der Waals surface area contributed by atoms with Crippen LogP contribution >= 0.6 is 23.0 Å².